The average Bonchev–Trinajstić information content (AvgIpc) is 2.68. The van der Waals surface area contributed by atoms with Gasteiger partial charge in [0.25, 0.3) is 0 Å². The van der Waals surface area contributed by atoms with Crippen LogP contribution in [-0.2, 0) is 25.6 Å². The maximum Gasteiger partial charge on any atom is 0.218 e. The first-order valence-electron chi connectivity index (χ1n) is 6.20. The summed E-state index contributed by atoms with van der Waals surface area (Å²) in [6, 6.07) is 6.21. The zero-order valence-corrected chi connectivity index (χ0v) is 12.8. The highest BCUT2D eigenvalue weighted by molar-refractivity contribution is 7.92. The number of anilines is 1. The van der Waals surface area contributed by atoms with Crippen molar-refractivity contribution >= 4 is 25.5 Å². The van der Waals surface area contributed by atoms with Crippen molar-refractivity contribution in [1.82, 2.24) is 4.31 Å². The molecule has 20 heavy (non-hydrogen) atoms. The molecule has 1 unspecified atom stereocenters. The Morgan fingerprint density at radius 2 is 2.10 bits per heavy atom. The van der Waals surface area contributed by atoms with E-state index in [1.54, 1.807) is 24.3 Å². The fourth-order valence-electron chi connectivity index (χ4n) is 2.28. The van der Waals surface area contributed by atoms with Gasteiger partial charge >= 0.3 is 0 Å². The molecule has 1 atom stereocenters. The van der Waals surface area contributed by atoms with Crippen LogP contribution in [0.5, 0.6) is 0 Å². The van der Waals surface area contributed by atoms with E-state index in [1.807, 2.05) is 0 Å². The van der Waals surface area contributed by atoms with Gasteiger partial charge in [0.2, 0.25) is 10.0 Å². The van der Waals surface area contributed by atoms with E-state index in [0.717, 1.165) is 0 Å². The Morgan fingerprint density at radius 1 is 1.40 bits per heavy atom. The Bertz CT molecular complexity index is 698. The van der Waals surface area contributed by atoms with Gasteiger partial charge in [-0.3, -0.25) is 0 Å². The molecule has 0 amide bonds. The molecule has 1 aliphatic heterocycles. The number of nitrogens with zero attached hydrogens (tertiary/aromatic N) is 1. The third kappa shape index (κ3) is 3.50. The molecule has 1 aromatic rings. The van der Waals surface area contributed by atoms with Crippen molar-refractivity contribution in [3.63, 3.8) is 0 Å². The van der Waals surface area contributed by atoms with Crippen molar-refractivity contribution in [2.45, 2.75) is 18.2 Å². The van der Waals surface area contributed by atoms with Crippen molar-refractivity contribution in [2.75, 3.05) is 24.3 Å². The van der Waals surface area contributed by atoms with Crippen LogP contribution in [0.15, 0.2) is 24.3 Å². The number of hydrogen-bond acceptors (Lipinski definition) is 5. The highest BCUT2D eigenvalue weighted by Gasteiger charge is 2.35. The third-order valence-corrected chi connectivity index (χ3v) is 7.09. The Labute approximate surface area is 119 Å². The fraction of sp³-hybridized carbons (Fsp3) is 0.500. The topological polar surface area (TPSA) is 97.5 Å². The molecular weight excluding hydrogens is 300 g/mol. The molecule has 6 nitrogen and oxygen atoms in total. The first-order chi connectivity index (χ1) is 9.20. The fourth-order valence-corrected chi connectivity index (χ4v) is 5.59. The lowest BCUT2D eigenvalue weighted by Gasteiger charge is -2.22. The lowest BCUT2D eigenvalue weighted by molar-refractivity contribution is 0.393. The van der Waals surface area contributed by atoms with Gasteiger partial charge in [-0.05, 0) is 24.1 Å². The summed E-state index contributed by atoms with van der Waals surface area (Å²) < 4.78 is 48.7. The molecular formula is C12H18N2O4S2. The molecule has 2 N–H and O–H groups in total. The highest BCUT2D eigenvalue weighted by Crippen LogP contribution is 2.21. The normalized spacial score (nSPS) is 22.2. The largest absolute Gasteiger partial charge is 0.399 e. The number of benzene rings is 1. The van der Waals surface area contributed by atoms with Crippen molar-refractivity contribution in [2.24, 2.45) is 0 Å². The second-order valence-electron chi connectivity index (χ2n) is 5.07. The smallest absolute Gasteiger partial charge is 0.218 e. The second kappa shape index (κ2) is 5.34. The zero-order chi connectivity index (χ0) is 15.0. The Kier molecular flexibility index (Phi) is 4.08. The molecule has 0 spiro atoms. The van der Waals surface area contributed by atoms with Crippen LogP contribution in [0.4, 0.5) is 5.69 Å². The number of nitrogens with two attached hydrogens (primary N) is 1. The summed E-state index contributed by atoms with van der Waals surface area (Å²) >= 11 is 0. The van der Waals surface area contributed by atoms with Crippen LogP contribution in [0.3, 0.4) is 0 Å². The molecule has 0 radical (unpaired) electrons. The summed E-state index contributed by atoms with van der Waals surface area (Å²) in [6.45, 7) is 0. The molecule has 112 valence electrons. The van der Waals surface area contributed by atoms with Gasteiger partial charge < -0.3 is 5.73 Å². The quantitative estimate of drug-likeness (QED) is 0.801. The SMILES string of the molecule is CN(C1CCS(=O)(=O)C1)S(=O)(=O)Cc1cccc(N)c1. The maximum absolute atomic E-state index is 12.3. The average molecular weight is 318 g/mol. The minimum atomic E-state index is -3.55. The van der Waals surface area contributed by atoms with E-state index < -0.39 is 25.9 Å². The Hall–Kier alpha value is -1.12. The minimum Gasteiger partial charge on any atom is -0.399 e. The second-order valence-corrected chi connectivity index (χ2v) is 9.33. The molecule has 1 fully saturated rings. The number of sulfonamides is 1. The minimum absolute atomic E-state index is 0.0514. The van der Waals surface area contributed by atoms with E-state index in [-0.39, 0.29) is 17.3 Å². The van der Waals surface area contributed by atoms with Crippen LogP contribution in [0.25, 0.3) is 0 Å². The van der Waals surface area contributed by atoms with Gasteiger partial charge in [-0.2, -0.15) is 0 Å². The van der Waals surface area contributed by atoms with Crippen LogP contribution in [0.2, 0.25) is 0 Å². The van der Waals surface area contributed by atoms with Gasteiger partial charge in [0, 0.05) is 18.8 Å². The summed E-state index contributed by atoms with van der Waals surface area (Å²) in [6.07, 6.45) is 0.356. The van der Waals surface area contributed by atoms with Gasteiger partial charge in [-0.25, -0.2) is 21.1 Å². The summed E-state index contributed by atoms with van der Waals surface area (Å²) in [5.41, 5.74) is 6.72. The zero-order valence-electron chi connectivity index (χ0n) is 11.2. The summed E-state index contributed by atoms with van der Waals surface area (Å²) in [7, 11) is -5.22. The van der Waals surface area contributed by atoms with E-state index in [0.29, 0.717) is 17.7 Å². The number of nitrogen functional groups attached to an aromatic ring is 1. The monoisotopic (exact) mass is 318 g/mol. The highest BCUT2D eigenvalue weighted by atomic mass is 32.2. The van der Waals surface area contributed by atoms with Crippen LogP contribution < -0.4 is 5.73 Å². The molecule has 2 rings (SSSR count). The van der Waals surface area contributed by atoms with Crippen LogP contribution in [0, 0.1) is 0 Å². The third-order valence-electron chi connectivity index (χ3n) is 3.46. The molecule has 1 heterocycles. The standard InChI is InChI=1S/C12H18N2O4S2/c1-14(12-5-6-19(15,16)9-12)20(17,18)8-10-3-2-4-11(13)7-10/h2-4,7,12H,5-6,8-9,13H2,1H3. The molecule has 8 heteroatoms. The molecule has 1 aromatic carbocycles. The van der Waals surface area contributed by atoms with E-state index in [1.165, 1.54) is 11.4 Å². The molecule has 0 aliphatic carbocycles. The van der Waals surface area contributed by atoms with Gasteiger partial charge in [0.15, 0.2) is 9.84 Å². The van der Waals surface area contributed by atoms with Crippen LogP contribution in [-0.4, -0.2) is 45.7 Å². The number of hydrogen-bond donors (Lipinski definition) is 1. The number of sulfone groups is 1. The lowest BCUT2D eigenvalue weighted by Crippen LogP contribution is -2.38. The van der Waals surface area contributed by atoms with Gasteiger partial charge in [-0.15, -0.1) is 0 Å². The molecule has 1 aliphatic rings. The van der Waals surface area contributed by atoms with Gasteiger partial charge in [-0.1, -0.05) is 12.1 Å². The van der Waals surface area contributed by atoms with Gasteiger partial charge in [0.1, 0.15) is 0 Å². The van der Waals surface area contributed by atoms with Crippen LogP contribution in [0.1, 0.15) is 12.0 Å². The summed E-state index contributed by atoms with van der Waals surface area (Å²) in [4.78, 5) is 0. The number of rotatable bonds is 4. The Morgan fingerprint density at radius 3 is 2.65 bits per heavy atom. The molecule has 0 saturated carbocycles. The van der Waals surface area contributed by atoms with E-state index in [9.17, 15) is 16.8 Å². The van der Waals surface area contributed by atoms with Crippen molar-refractivity contribution < 1.29 is 16.8 Å². The molecule has 0 bridgehead atoms. The Balaban J connectivity index is 2.14. The summed E-state index contributed by atoms with van der Waals surface area (Å²) in [5.74, 6) is -0.222. The first-order valence-corrected chi connectivity index (χ1v) is 9.63. The lowest BCUT2D eigenvalue weighted by atomic mass is 10.2. The first kappa shape index (κ1) is 15.3. The van der Waals surface area contributed by atoms with E-state index >= 15 is 0 Å². The molecule has 0 aromatic heterocycles. The van der Waals surface area contributed by atoms with Crippen molar-refractivity contribution in [3.8, 4) is 0 Å². The predicted molar refractivity (Wildman–Crippen MR) is 78.3 cm³/mol. The van der Waals surface area contributed by atoms with Crippen molar-refractivity contribution in [3.05, 3.63) is 29.8 Å². The predicted octanol–water partition coefficient (Wildman–Crippen LogP) is 0.218. The van der Waals surface area contributed by atoms with Crippen LogP contribution >= 0.6 is 0 Å². The van der Waals surface area contributed by atoms with E-state index in [2.05, 4.69) is 0 Å². The van der Waals surface area contributed by atoms with Gasteiger partial charge in [0.05, 0.1) is 17.3 Å². The van der Waals surface area contributed by atoms with E-state index in [4.69, 9.17) is 5.73 Å². The molecule has 1 saturated heterocycles. The van der Waals surface area contributed by atoms with Crippen molar-refractivity contribution in [1.29, 1.82) is 0 Å². The summed E-state index contributed by atoms with van der Waals surface area (Å²) in [5, 5.41) is 0. The maximum atomic E-state index is 12.3.